The van der Waals surface area contributed by atoms with Gasteiger partial charge in [0.05, 0.1) is 0 Å². The van der Waals surface area contributed by atoms with E-state index in [9.17, 15) is 0 Å². The zero-order valence-corrected chi connectivity index (χ0v) is 7.56. The molecular weight excluding hydrogens is 202 g/mol. The summed E-state index contributed by atoms with van der Waals surface area (Å²) in [5, 5.41) is 3.00. The minimum Gasteiger partial charge on any atom is -0.355 e. The second-order valence-corrected chi connectivity index (χ2v) is 2.92. The minimum atomic E-state index is 1.03. The SMILES string of the molecule is C=C=CNc1ccc(Br)cc1. The molecule has 0 aliphatic heterocycles. The van der Waals surface area contributed by atoms with Crippen LogP contribution in [0.1, 0.15) is 0 Å². The molecule has 0 saturated heterocycles. The Morgan fingerprint density at radius 1 is 1.36 bits per heavy atom. The van der Waals surface area contributed by atoms with Crippen LogP contribution in [0.25, 0.3) is 0 Å². The van der Waals surface area contributed by atoms with E-state index in [4.69, 9.17) is 0 Å². The average molecular weight is 210 g/mol. The molecule has 0 aromatic heterocycles. The Morgan fingerprint density at radius 2 is 2.00 bits per heavy atom. The van der Waals surface area contributed by atoms with E-state index >= 15 is 0 Å². The van der Waals surface area contributed by atoms with Gasteiger partial charge in [-0.1, -0.05) is 22.5 Å². The van der Waals surface area contributed by atoms with Gasteiger partial charge in [0, 0.05) is 16.4 Å². The second-order valence-electron chi connectivity index (χ2n) is 2.00. The van der Waals surface area contributed by atoms with Crippen molar-refractivity contribution >= 4 is 21.6 Å². The molecule has 1 aromatic carbocycles. The molecule has 0 heterocycles. The maximum Gasteiger partial charge on any atom is 0.0435 e. The zero-order chi connectivity index (χ0) is 8.10. The van der Waals surface area contributed by atoms with E-state index in [1.54, 1.807) is 6.20 Å². The molecule has 0 aliphatic rings. The maximum absolute atomic E-state index is 3.44. The number of benzene rings is 1. The van der Waals surface area contributed by atoms with Crippen LogP contribution in [0.5, 0.6) is 0 Å². The number of hydrogen-bond donors (Lipinski definition) is 1. The molecular formula is C9H8BrN. The summed E-state index contributed by atoms with van der Waals surface area (Å²) in [6.45, 7) is 3.44. The molecule has 0 fully saturated rings. The summed E-state index contributed by atoms with van der Waals surface area (Å²) >= 11 is 3.35. The third-order valence-corrected chi connectivity index (χ3v) is 1.71. The smallest absolute Gasteiger partial charge is 0.0435 e. The fraction of sp³-hybridized carbons (Fsp3) is 0. The molecule has 0 bridgehead atoms. The molecule has 2 heteroatoms. The van der Waals surface area contributed by atoms with E-state index in [-0.39, 0.29) is 0 Å². The topological polar surface area (TPSA) is 12.0 Å². The van der Waals surface area contributed by atoms with E-state index in [1.165, 1.54) is 0 Å². The molecule has 56 valence electrons. The third-order valence-electron chi connectivity index (χ3n) is 1.19. The first-order chi connectivity index (χ1) is 5.33. The van der Waals surface area contributed by atoms with Crippen LogP contribution in [-0.4, -0.2) is 0 Å². The van der Waals surface area contributed by atoms with Gasteiger partial charge in [-0.3, -0.25) is 0 Å². The quantitative estimate of drug-likeness (QED) is 0.739. The predicted octanol–water partition coefficient (Wildman–Crippen LogP) is 3.16. The van der Waals surface area contributed by atoms with Gasteiger partial charge in [-0.15, -0.1) is 5.73 Å². The summed E-state index contributed by atoms with van der Waals surface area (Å²) in [6, 6.07) is 7.88. The Balaban J connectivity index is 2.73. The van der Waals surface area contributed by atoms with Crippen molar-refractivity contribution < 1.29 is 0 Å². The Hall–Kier alpha value is -0.980. The molecule has 1 N–H and O–H groups in total. The number of halogens is 1. The van der Waals surface area contributed by atoms with Gasteiger partial charge in [0.1, 0.15) is 0 Å². The van der Waals surface area contributed by atoms with Crippen LogP contribution >= 0.6 is 15.9 Å². The molecule has 1 nitrogen and oxygen atoms in total. The lowest BCUT2D eigenvalue weighted by molar-refractivity contribution is 1.57. The molecule has 0 saturated carbocycles. The Morgan fingerprint density at radius 3 is 2.55 bits per heavy atom. The van der Waals surface area contributed by atoms with Crippen molar-refractivity contribution in [3.63, 3.8) is 0 Å². The van der Waals surface area contributed by atoms with Crippen molar-refractivity contribution in [1.82, 2.24) is 0 Å². The molecule has 1 aromatic rings. The molecule has 0 spiro atoms. The highest BCUT2D eigenvalue weighted by molar-refractivity contribution is 9.10. The summed E-state index contributed by atoms with van der Waals surface area (Å²) in [5.74, 6) is 0. The van der Waals surface area contributed by atoms with Crippen LogP contribution in [0.15, 0.2) is 47.2 Å². The summed E-state index contributed by atoms with van der Waals surface area (Å²) < 4.78 is 1.07. The van der Waals surface area contributed by atoms with Gasteiger partial charge in [0.25, 0.3) is 0 Å². The third kappa shape index (κ3) is 2.62. The van der Waals surface area contributed by atoms with Crippen molar-refractivity contribution in [2.75, 3.05) is 5.32 Å². The van der Waals surface area contributed by atoms with Gasteiger partial charge in [0.2, 0.25) is 0 Å². The van der Waals surface area contributed by atoms with Gasteiger partial charge in [0.15, 0.2) is 0 Å². The lowest BCUT2D eigenvalue weighted by Gasteiger charge is -1.97. The zero-order valence-electron chi connectivity index (χ0n) is 5.97. The lowest BCUT2D eigenvalue weighted by atomic mass is 10.3. The Bertz CT molecular complexity index is 270. The van der Waals surface area contributed by atoms with Crippen molar-refractivity contribution in [1.29, 1.82) is 0 Å². The molecule has 1 rings (SSSR count). The predicted molar refractivity (Wildman–Crippen MR) is 51.5 cm³/mol. The number of anilines is 1. The normalized spacial score (nSPS) is 8.45. The van der Waals surface area contributed by atoms with Crippen LogP contribution in [0, 0.1) is 0 Å². The van der Waals surface area contributed by atoms with Crippen molar-refractivity contribution in [3.05, 3.63) is 47.2 Å². The van der Waals surface area contributed by atoms with E-state index in [2.05, 4.69) is 33.6 Å². The van der Waals surface area contributed by atoms with Gasteiger partial charge < -0.3 is 5.32 Å². The average Bonchev–Trinajstić information content (AvgIpc) is 2.04. The fourth-order valence-corrected chi connectivity index (χ4v) is 0.945. The van der Waals surface area contributed by atoms with Gasteiger partial charge in [-0.05, 0) is 24.3 Å². The first-order valence-electron chi connectivity index (χ1n) is 3.19. The molecule has 0 amide bonds. The first-order valence-corrected chi connectivity index (χ1v) is 3.98. The number of hydrogen-bond acceptors (Lipinski definition) is 1. The lowest BCUT2D eigenvalue weighted by Crippen LogP contribution is -1.84. The highest BCUT2D eigenvalue weighted by atomic mass is 79.9. The van der Waals surface area contributed by atoms with Crippen LogP contribution in [0.4, 0.5) is 5.69 Å². The largest absolute Gasteiger partial charge is 0.355 e. The Kier molecular flexibility index (Phi) is 2.96. The highest BCUT2D eigenvalue weighted by Crippen LogP contribution is 2.13. The van der Waals surface area contributed by atoms with Gasteiger partial charge in [-0.25, -0.2) is 0 Å². The van der Waals surface area contributed by atoms with E-state index in [1.807, 2.05) is 24.3 Å². The van der Waals surface area contributed by atoms with E-state index in [0.717, 1.165) is 10.2 Å². The summed E-state index contributed by atoms with van der Waals surface area (Å²) in [7, 11) is 0. The second kappa shape index (κ2) is 4.02. The Labute approximate surface area is 74.6 Å². The molecule has 0 aliphatic carbocycles. The standard InChI is InChI=1S/C9H8BrN/c1-2-7-11-9-5-3-8(10)4-6-9/h3-7,11H,1H2. The molecule has 0 atom stereocenters. The van der Waals surface area contributed by atoms with Crippen LogP contribution in [-0.2, 0) is 0 Å². The van der Waals surface area contributed by atoms with Crippen molar-refractivity contribution in [3.8, 4) is 0 Å². The summed E-state index contributed by atoms with van der Waals surface area (Å²) in [6.07, 6.45) is 1.67. The fourth-order valence-electron chi connectivity index (χ4n) is 0.680. The van der Waals surface area contributed by atoms with Gasteiger partial charge >= 0.3 is 0 Å². The minimum absolute atomic E-state index is 1.03. The van der Waals surface area contributed by atoms with Crippen LogP contribution in [0.2, 0.25) is 0 Å². The van der Waals surface area contributed by atoms with Crippen LogP contribution in [0.3, 0.4) is 0 Å². The summed E-state index contributed by atoms with van der Waals surface area (Å²) in [4.78, 5) is 0. The number of rotatable bonds is 2. The summed E-state index contributed by atoms with van der Waals surface area (Å²) in [5.41, 5.74) is 3.66. The molecule has 0 radical (unpaired) electrons. The molecule has 11 heavy (non-hydrogen) atoms. The number of nitrogens with one attached hydrogen (secondary N) is 1. The van der Waals surface area contributed by atoms with Crippen molar-refractivity contribution in [2.45, 2.75) is 0 Å². The van der Waals surface area contributed by atoms with E-state index in [0.29, 0.717) is 0 Å². The van der Waals surface area contributed by atoms with E-state index < -0.39 is 0 Å². The highest BCUT2D eigenvalue weighted by Gasteiger charge is 1.86. The van der Waals surface area contributed by atoms with Crippen LogP contribution < -0.4 is 5.32 Å². The monoisotopic (exact) mass is 209 g/mol. The maximum atomic E-state index is 3.44. The first kappa shape index (κ1) is 8.12. The molecule has 0 unspecified atom stereocenters. The van der Waals surface area contributed by atoms with Gasteiger partial charge in [-0.2, -0.15) is 0 Å². The van der Waals surface area contributed by atoms with Crippen molar-refractivity contribution in [2.24, 2.45) is 0 Å².